The molecule has 2 amide bonds. The van der Waals surface area contributed by atoms with Gasteiger partial charge in [-0.2, -0.15) is 0 Å². The number of carbonyl (C=O) groups excluding carboxylic acids is 1. The van der Waals surface area contributed by atoms with Crippen LogP contribution in [0.3, 0.4) is 0 Å². The Balaban J connectivity index is 1.40. The highest BCUT2D eigenvalue weighted by Crippen LogP contribution is 2.26. The predicted octanol–water partition coefficient (Wildman–Crippen LogP) is 2.12. The van der Waals surface area contributed by atoms with Crippen molar-refractivity contribution in [3.8, 4) is 5.75 Å². The summed E-state index contributed by atoms with van der Waals surface area (Å²) in [6, 6.07) is 8.23. The van der Waals surface area contributed by atoms with Crippen LogP contribution in [0.2, 0.25) is 0 Å². The summed E-state index contributed by atoms with van der Waals surface area (Å²) in [5, 5.41) is 15.6. The lowest BCUT2D eigenvalue weighted by molar-refractivity contribution is 0.117. The molecule has 1 aromatic carbocycles. The Morgan fingerprint density at radius 1 is 1.28 bits per heavy atom. The number of hydrogen-bond acceptors (Lipinski definition) is 4. The second kappa shape index (κ2) is 8.43. The highest BCUT2D eigenvalue weighted by molar-refractivity contribution is 5.74. The second-order valence-corrected chi connectivity index (χ2v) is 7.16. The topological polar surface area (TPSA) is 73.8 Å². The van der Waals surface area contributed by atoms with Crippen molar-refractivity contribution in [1.82, 2.24) is 10.6 Å². The molecule has 6 nitrogen and oxygen atoms in total. The molecule has 0 aromatic heterocycles. The van der Waals surface area contributed by atoms with Gasteiger partial charge >= 0.3 is 6.03 Å². The van der Waals surface area contributed by atoms with E-state index in [4.69, 9.17) is 4.74 Å². The van der Waals surface area contributed by atoms with Crippen LogP contribution < -0.4 is 20.3 Å². The monoisotopic (exact) mass is 347 g/mol. The van der Waals surface area contributed by atoms with Gasteiger partial charge in [0.1, 0.15) is 5.75 Å². The van der Waals surface area contributed by atoms with Gasteiger partial charge in [0.25, 0.3) is 0 Å². The fourth-order valence-corrected chi connectivity index (χ4v) is 3.73. The summed E-state index contributed by atoms with van der Waals surface area (Å²) < 4.78 is 5.29. The van der Waals surface area contributed by atoms with E-state index in [-0.39, 0.29) is 18.2 Å². The summed E-state index contributed by atoms with van der Waals surface area (Å²) in [5.41, 5.74) is 1.17. The van der Waals surface area contributed by atoms with E-state index in [0.29, 0.717) is 12.5 Å². The zero-order valence-electron chi connectivity index (χ0n) is 14.9. The average Bonchev–Trinajstić information content (AvgIpc) is 3.11. The van der Waals surface area contributed by atoms with Gasteiger partial charge in [-0.15, -0.1) is 0 Å². The Hall–Kier alpha value is -1.95. The van der Waals surface area contributed by atoms with E-state index in [0.717, 1.165) is 50.9 Å². The highest BCUT2D eigenvalue weighted by atomic mass is 16.5. The van der Waals surface area contributed by atoms with Crippen molar-refractivity contribution in [2.75, 3.05) is 31.6 Å². The van der Waals surface area contributed by atoms with Gasteiger partial charge in [0.2, 0.25) is 0 Å². The smallest absolute Gasteiger partial charge is 0.315 e. The number of aliphatic hydroxyl groups is 1. The zero-order valence-corrected chi connectivity index (χ0v) is 14.9. The molecule has 1 atom stereocenters. The first-order valence-electron chi connectivity index (χ1n) is 9.25. The number of aliphatic hydroxyl groups excluding tert-OH is 1. The maximum absolute atomic E-state index is 12.1. The van der Waals surface area contributed by atoms with Gasteiger partial charge in [-0.05, 0) is 50.2 Å². The minimum Gasteiger partial charge on any atom is -0.497 e. The van der Waals surface area contributed by atoms with Crippen molar-refractivity contribution >= 4 is 11.7 Å². The minimum absolute atomic E-state index is 0.0822. The SMILES string of the molecule is COc1cccc(N2CC[C@H](CNC(=O)NC3CCC(O)CC3)C2)c1. The number of anilines is 1. The molecule has 1 heterocycles. The molecule has 1 saturated carbocycles. The number of carbonyl (C=O) groups is 1. The number of hydrogen-bond donors (Lipinski definition) is 3. The van der Waals surface area contributed by atoms with Gasteiger partial charge in [0.05, 0.1) is 13.2 Å². The summed E-state index contributed by atoms with van der Waals surface area (Å²) in [6.45, 7) is 2.65. The van der Waals surface area contributed by atoms with Crippen molar-refractivity contribution in [2.45, 2.75) is 44.2 Å². The van der Waals surface area contributed by atoms with Crippen molar-refractivity contribution in [3.63, 3.8) is 0 Å². The maximum Gasteiger partial charge on any atom is 0.315 e. The van der Waals surface area contributed by atoms with E-state index < -0.39 is 0 Å². The normalized spacial score (nSPS) is 26.3. The lowest BCUT2D eigenvalue weighted by atomic mass is 9.93. The van der Waals surface area contributed by atoms with Crippen LogP contribution in [-0.2, 0) is 0 Å². The van der Waals surface area contributed by atoms with Gasteiger partial charge in [0.15, 0.2) is 0 Å². The molecule has 1 aromatic rings. The molecular weight excluding hydrogens is 318 g/mol. The molecule has 0 radical (unpaired) electrons. The number of ether oxygens (including phenoxy) is 1. The quantitative estimate of drug-likeness (QED) is 0.763. The Kier molecular flexibility index (Phi) is 6.02. The number of benzene rings is 1. The van der Waals surface area contributed by atoms with Crippen LogP contribution in [0.25, 0.3) is 0 Å². The molecule has 2 aliphatic rings. The molecule has 1 aliphatic heterocycles. The number of rotatable bonds is 5. The first-order chi connectivity index (χ1) is 12.1. The van der Waals surface area contributed by atoms with Crippen LogP contribution in [0.15, 0.2) is 24.3 Å². The molecule has 25 heavy (non-hydrogen) atoms. The number of methoxy groups -OCH3 is 1. The fourth-order valence-electron chi connectivity index (χ4n) is 3.73. The molecule has 3 rings (SSSR count). The average molecular weight is 347 g/mol. The van der Waals surface area contributed by atoms with E-state index >= 15 is 0 Å². The zero-order chi connectivity index (χ0) is 17.6. The predicted molar refractivity (Wildman–Crippen MR) is 98.1 cm³/mol. The minimum atomic E-state index is -0.192. The number of nitrogens with zero attached hydrogens (tertiary/aromatic N) is 1. The molecule has 1 saturated heterocycles. The molecule has 138 valence electrons. The maximum atomic E-state index is 12.1. The Morgan fingerprint density at radius 3 is 2.84 bits per heavy atom. The van der Waals surface area contributed by atoms with Crippen molar-refractivity contribution in [1.29, 1.82) is 0 Å². The summed E-state index contributed by atoms with van der Waals surface area (Å²) in [6.07, 6.45) is 4.17. The fraction of sp³-hybridized carbons (Fsp3) is 0.632. The first kappa shape index (κ1) is 17.9. The summed E-state index contributed by atoms with van der Waals surface area (Å²) in [5.74, 6) is 1.33. The van der Waals surface area contributed by atoms with Crippen molar-refractivity contribution < 1.29 is 14.6 Å². The Morgan fingerprint density at radius 2 is 2.08 bits per heavy atom. The van der Waals surface area contributed by atoms with Gasteiger partial charge in [-0.25, -0.2) is 4.79 Å². The summed E-state index contributed by atoms with van der Waals surface area (Å²) >= 11 is 0. The van der Waals surface area contributed by atoms with Gasteiger partial charge in [0, 0.05) is 37.4 Å². The molecule has 0 unspecified atom stereocenters. The molecule has 2 fully saturated rings. The standard InChI is InChI=1S/C19H29N3O3/c1-25-18-4-2-3-16(11-18)22-10-9-14(13-22)12-20-19(24)21-15-5-7-17(23)8-6-15/h2-4,11,14-15,17,23H,5-10,12-13H2,1H3,(H2,20,21,24)/t14-,15?,17?/m1/s1. The van der Waals surface area contributed by atoms with Crippen LogP contribution in [0.5, 0.6) is 5.75 Å². The second-order valence-electron chi connectivity index (χ2n) is 7.16. The Bertz CT molecular complexity index is 573. The van der Waals surface area contributed by atoms with E-state index in [1.165, 1.54) is 5.69 Å². The number of nitrogens with one attached hydrogen (secondary N) is 2. The number of urea groups is 1. The molecule has 6 heteroatoms. The van der Waals surface area contributed by atoms with Gasteiger partial charge in [-0.1, -0.05) is 6.07 Å². The van der Waals surface area contributed by atoms with E-state index in [9.17, 15) is 9.90 Å². The largest absolute Gasteiger partial charge is 0.497 e. The molecule has 0 spiro atoms. The first-order valence-corrected chi connectivity index (χ1v) is 9.25. The lowest BCUT2D eigenvalue weighted by Gasteiger charge is -2.26. The van der Waals surface area contributed by atoms with Crippen LogP contribution in [0, 0.1) is 5.92 Å². The third kappa shape index (κ3) is 5.01. The lowest BCUT2D eigenvalue weighted by Crippen LogP contribution is -2.45. The van der Waals surface area contributed by atoms with E-state index in [1.54, 1.807) is 7.11 Å². The highest BCUT2D eigenvalue weighted by Gasteiger charge is 2.24. The summed E-state index contributed by atoms with van der Waals surface area (Å²) in [7, 11) is 1.68. The molecular formula is C19H29N3O3. The van der Waals surface area contributed by atoms with Gasteiger partial charge < -0.3 is 25.4 Å². The third-order valence-corrected chi connectivity index (χ3v) is 5.29. The molecule has 0 bridgehead atoms. The van der Waals surface area contributed by atoms with E-state index in [1.807, 2.05) is 12.1 Å². The van der Waals surface area contributed by atoms with Crippen LogP contribution in [-0.4, -0.2) is 50.0 Å². The van der Waals surface area contributed by atoms with Crippen LogP contribution in [0.1, 0.15) is 32.1 Å². The number of amides is 2. The van der Waals surface area contributed by atoms with Crippen molar-refractivity contribution in [3.05, 3.63) is 24.3 Å². The Labute approximate surface area is 149 Å². The third-order valence-electron chi connectivity index (χ3n) is 5.29. The molecule has 1 aliphatic carbocycles. The van der Waals surface area contributed by atoms with Crippen LogP contribution in [0.4, 0.5) is 10.5 Å². The summed E-state index contributed by atoms with van der Waals surface area (Å²) in [4.78, 5) is 14.4. The van der Waals surface area contributed by atoms with Gasteiger partial charge in [-0.3, -0.25) is 0 Å². The van der Waals surface area contributed by atoms with Crippen LogP contribution >= 0.6 is 0 Å². The van der Waals surface area contributed by atoms with Crippen molar-refractivity contribution in [2.24, 2.45) is 5.92 Å². The van der Waals surface area contributed by atoms with E-state index in [2.05, 4.69) is 27.7 Å². The molecule has 3 N–H and O–H groups in total.